The van der Waals surface area contributed by atoms with Gasteiger partial charge in [-0.15, -0.1) is 0 Å². The van der Waals surface area contributed by atoms with E-state index in [0.29, 0.717) is 18.4 Å². The molecule has 0 heterocycles. The van der Waals surface area contributed by atoms with Crippen molar-refractivity contribution < 1.29 is 72.8 Å². The van der Waals surface area contributed by atoms with Crippen LogP contribution in [0.15, 0.2) is 48.6 Å². The first-order valence-corrected chi connectivity index (χ1v) is 8.42. The Morgan fingerprint density at radius 3 is 1.68 bits per heavy atom. The van der Waals surface area contributed by atoms with E-state index >= 15 is 0 Å². The van der Waals surface area contributed by atoms with Crippen LogP contribution in [0.2, 0.25) is 0 Å². The van der Waals surface area contributed by atoms with Crippen LogP contribution < -0.4 is 58.2 Å². The minimum atomic E-state index is 0. The molecule has 0 aliphatic rings. The standard InChI is InChI=1S/C11H17O2.C10H18O.Rb/c1-9(2)5-6-11(10(3)4)7-13-8-12;1-8(2)5-6-10(7-11)9(3)4;/h5-6,10-11H,1,7H2,2-4H3;5-6,9-11H,1,7H2,2-4H3;/q-1;;+1/b2*6-5+;. The smallest absolute Gasteiger partial charge is 0.652 e. The van der Waals surface area contributed by atoms with E-state index in [-0.39, 0.29) is 76.6 Å². The van der Waals surface area contributed by atoms with Crippen LogP contribution in [0, 0.1) is 23.7 Å². The van der Waals surface area contributed by atoms with Crippen LogP contribution in [0.1, 0.15) is 41.5 Å². The summed E-state index contributed by atoms with van der Waals surface area (Å²) in [6.45, 7) is 21.8. The quantitative estimate of drug-likeness (QED) is 0.433. The molecule has 0 spiro atoms. The monoisotopic (exact) mass is 420 g/mol. The summed E-state index contributed by atoms with van der Waals surface area (Å²) in [5, 5.41) is 8.93. The summed E-state index contributed by atoms with van der Waals surface area (Å²) in [4.78, 5) is 9.88. The Bertz CT molecular complexity index is 423. The van der Waals surface area contributed by atoms with E-state index in [1.807, 2.05) is 38.2 Å². The topological polar surface area (TPSA) is 46.5 Å². The fraction of sp³-hybridized carbons (Fsp3) is 0.571. The van der Waals surface area contributed by atoms with E-state index in [1.54, 1.807) is 0 Å². The molecule has 0 rings (SSSR count). The van der Waals surface area contributed by atoms with Gasteiger partial charge in [-0.2, -0.15) is 0 Å². The third-order valence-electron chi connectivity index (χ3n) is 3.51. The second-order valence-electron chi connectivity index (χ2n) is 6.80. The SMILES string of the molecule is C=C(C)/C=C/C(CO)C(C)C.C=C(C)/C=C/C(CO[C-]=O)C(C)C.[Rb+]. The molecule has 2 unspecified atom stereocenters. The van der Waals surface area contributed by atoms with Crippen molar-refractivity contribution in [2.24, 2.45) is 23.7 Å². The number of ether oxygens (including phenoxy) is 1. The van der Waals surface area contributed by atoms with E-state index in [9.17, 15) is 4.79 Å². The maximum absolute atomic E-state index is 9.88. The van der Waals surface area contributed by atoms with Crippen LogP contribution in [-0.2, 0) is 9.53 Å². The molecular formula is C21H35O3Rb. The van der Waals surface area contributed by atoms with Gasteiger partial charge in [0, 0.05) is 18.4 Å². The van der Waals surface area contributed by atoms with Crippen molar-refractivity contribution in [1.29, 1.82) is 0 Å². The average molecular weight is 421 g/mol. The number of aliphatic hydroxyl groups excluding tert-OH is 1. The molecule has 1 N–H and O–H groups in total. The summed E-state index contributed by atoms with van der Waals surface area (Å²) in [5.74, 6) is 1.46. The summed E-state index contributed by atoms with van der Waals surface area (Å²) in [6, 6.07) is 0. The first kappa shape index (κ1) is 29.9. The van der Waals surface area contributed by atoms with Gasteiger partial charge in [-0.25, -0.2) is 0 Å². The fourth-order valence-corrected chi connectivity index (χ4v) is 1.67. The molecule has 0 bridgehead atoms. The van der Waals surface area contributed by atoms with Crippen molar-refractivity contribution in [3.63, 3.8) is 0 Å². The van der Waals surface area contributed by atoms with Gasteiger partial charge in [0.1, 0.15) is 0 Å². The van der Waals surface area contributed by atoms with Gasteiger partial charge in [0.2, 0.25) is 0 Å². The van der Waals surface area contributed by atoms with Crippen LogP contribution in [-0.4, -0.2) is 24.8 Å². The zero-order valence-corrected chi connectivity index (χ0v) is 22.1. The molecule has 0 radical (unpaired) electrons. The van der Waals surface area contributed by atoms with Gasteiger partial charge in [-0.1, -0.05) is 82.8 Å². The first-order chi connectivity index (χ1) is 11.1. The number of rotatable bonds is 10. The van der Waals surface area contributed by atoms with E-state index in [1.165, 1.54) is 6.47 Å². The Balaban J connectivity index is -0.000000377. The third kappa shape index (κ3) is 20.4. The molecular weight excluding hydrogens is 386 g/mol. The molecule has 0 aliphatic heterocycles. The van der Waals surface area contributed by atoms with E-state index < -0.39 is 0 Å². The molecule has 3 nitrogen and oxygen atoms in total. The van der Waals surface area contributed by atoms with Crippen LogP contribution in [0.3, 0.4) is 0 Å². The second-order valence-corrected chi connectivity index (χ2v) is 6.80. The average Bonchev–Trinajstić information content (AvgIpc) is 2.47. The van der Waals surface area contributed by atoms with E-state index in [0.717, 1.165) is 11.1 Å². The molecule has 0 amide bonds. The zero-order valence-electron chi connectivity index (χ0n) is 17.2. The predicted octanol–water partition coefficient (Wildman–Crippen LogP) is 1.86. The van der Waals surface area contributed by atoms with Gasteiger partial charge in [0.05, 0.1) is 6.61 Å². The predicted molar refractivity (Wildman–Crippen MR) is 103 cm³/mol. The molecule has 0 saturated heterocycles. The van der Waals surface area contributed by atoms with Gasteiger partial charge in [-0.3, -0.25) is 0 Å². The van der Waals surface area contributed by atoms with Crippen molar-refractivity contribution in [1.82, 2.24) is 0 Å². The number of allylic oxidation sites excluding steroid dienone is 4. The molecule has 138 valence electrons. The zero-order chi connectivity index (χ0) is 19.1. The number of hydrogen-bond acceptors (Lipinski definition) is 3. The number of aliphatic hydroxyl groups is 1. The van der Waals surface area contributed by atoms with Crippen LogP contribution in [0.25, 0.3) is 0 Å². The second kappa shape index (κ2) is 19.0. The van der Waals surface area contributed by atoms with Crippen molar-refractivity contribution in [3.05, 3.63) is 48.6 Å². The Hall–Kier alpha value is 0.195. The minimum absolute atomic E-state index is 0. The van der Waals surface area contributed by atoms with Crippen molar-refractivity contribution in [2.75, 3.05) is 13.2 Å². The van der Waals surface area contributed by atoms with Crippen molar-refractivity contribution in [2.45, 2.75) is 41.5 Å². The van der Waals surface area contributed by atoms with Crippen LogP contribution >= 0.6 is 0 Å². The summed E-state index contributed by atoms with van der Waals surface area (Å²) >= 11 is 0. The van der Waals surface area contributed by atoms with Crippen LogP contribution in [0.5, 0.6) is 0 Å². The summed E-state index contributed by atoms with van der Waals surface area (Å²) in [5.41, 5.74) is 2.03. The Morgan fingerprint density at radius 2 is 1.40 bits per heavy atom. The fourth-order valence-electron chi connectivity index (χ4n) is 1.67. The summed E-state index contributed by atoms with van der Waals surface area (Å²) in [6.07, 6.45) is 7.94. The Kier molecular flexibility index (Phi) is 22.7. The summed E-state index contributed by atoms with van der Waals surface area (Å²) < 4.78 is 4.60. The van der Waals surface area contributed by atoms with Gasteiger partial charge in [0.15, 0.2) is 0 Å². The summed E-state index contributed by atoms with van der Waals surface area (Å²) in [7, 11) is 0. The molecule has 25 heavy (non-hydrogen) atoms. The molecule has 0 aromatic carbocycles. The molecule has 0 aromatic heterocycles. The Morgan fingerprint density at radius 1 is 1.00 bits per heavy atom. The minimum Gasteiger partial charge on any atom is -0.652 e. The molecule has 0 aromatic rings. The molecule has 0 saturated carbocycles. The maximum Gasteiger partial charge on any atom is 1.00 e. The third-order valence-corrected chi connectivity index (χ3v) is 3.51. The van der Waals surface area contributed by atoms with Crippen LogP contribution in [0.4, 0.5) is 0 Å². The maximum atomic E-state index is 9.88. The van der Waals surface area contributed by atoms with Crippen molar-refractivity contribution >= 4 is 6.47 Å². The largest absolute Gasteiger partial charge is 1.00 e. The van der Waals surface area contributed by atoms with E-state index in [2.05, 4.69) is 45.6 Å². The Labute approximate surface area is 204 Å². The van der Waals surface area contributed by atoms with Gasteiger partial charge in [0.25, 0.3) is 0 Å². The van der Waals surface area contributed by atoms with Gasteiger partial charge in [-0.05, 0) is 25.7 Å². The van der Waals surface area contributed by atoms with Gasteiger partial charge >= 0.3 is 58.2 Å². The molecule has 0 fully saturated rings. The van der Waals surface area contributed by atoms with Crippen molar-refractivity contribution in [3.8, 4) is 0 Å². The molecule has 0 aliphatic carbocycles. The van der Waals surface area contributed by atoms with Gasteiger partial charge < -0.3 is 14.6 Å². The number of hydrogen-bond donors (Lipinski definition) is 1. The molecule has 2 atom stereocenters. The molecule has 4 heteroatoms. The number of carbonyl (C=O) groups excluding carboxylic acids is 1. The first-order valence-electron chi connectivity index (χ1n) is 8.42. The van der Waals surface area contributed by atoms with E-state index in [4.69, 9.17) is 5.11 Å². The normalized spacial score (nSPS) is 13.2.